The first-order valence-corrected chi connectivity index (χ1v) is 13.6. The van der Waals surface area contributed by atoms with E-state index in [4.69, 9.17) is 0 Å². The lowest BCUT2D eigenvalue weighted by Gasteiger charge is -2.64. The van der Waals surface area contributed by atoms with Crippen LogP contribution < -0.4 is 0 Å². The Bertz CT molecular complexity index is 514. The van der Waals surface area contributed by atoms with Crippen molar-refractivity contribution in [3.63, 3.8) is 0 Å². The van der Waals surface area contributed by atoms with Crippen molar-refractivity contribution in [1.82, 2.24) is 0 Å². The second kappa shape index (κ2) is 7.96. The van der Waals surface area contributed by atoms with Crippen molar-refractivity contribution in [2.75, 3.05) is 5.33 Å². The molecule has 4 aliphatic rings. The molecule has 0 amide bonds. The molecule has 4 saturated carbocycles. The summed E-state index contributed by atoms with van der Waals surface area (Å²) in [6.45, 7) is 10.4. The molecule has 7 unspecified atom stereocenters. The van der Waals surface area contributed by atoms with Crippen LogP contribution in [0.1, 0.15) is 105 Å². The molecule has 0 aromatic carbocycles. The van der Waals surface area contributed by atoms with Gasteiger partial charge in [0.25, 0.3) is 0 Å². The van der Waals surface area contributed by atoms with E-state index in [0.29, 0.717) is 10.8 Å². The largest absolute Gasteiger partial charge is 0.0925 e. The highest BCUT2D eigenvalue weighted by molar-refractivity contribution is 9.09. The van der Waals surface area contributed by atoms with Gasteiger partial charge in [-0.3, -0.25) is 0 Å². The number of halogens is 1. The van der Waals surface area contributed by atoms with Crippen LogP contribution in [0.25, 0.3) is 0 Å². The predicted octanol–water partition coefficient (Wildman–Crippen LogP) is 8.48. The van der Waals surface area contributed by atoms with Crippen LogP contribution in [-0.4, -0.2) is 5.33 Å². The van der Waals surface area contributed by atoms with E-state index in [0.717, 1.165) is 41.4 Å². The number of alkyl halides is 1. The third-order valence-electron chi connectivity index (χ3n) is 10.7. The van der Waals surface area contributed by atoms with Crippen molar-refractivity contribution in [3.05, 3.63) is 0 Å². The van der Waals surface area contributed by atoms with Gasteiger partial charge in [0.15, 0.2) is 0 Å². The lowest BCUT2D eigenvalue weighted by Crippen LogP contribution is -2.56. The fourth-order valence-corrected chi connectivity index (χ4v) is 9.75. The Kier molecular flexibility index (Phi) is 6.11. The number of hydrogen-bond acceptors (Lipinski definition) is 0. The summed E-state index contributed by atoms with van der Waals surface area (Å²) in [7, 11) is 0. The Balaban J connectivity index is 1.55. The summed E-state index contributed by atoms with van der Waals surface area (Å²) in [5.74, 6) is 7.05. The van der Waals surface area contributed by atoms with E-state index in [2.05, 4.69) is 43.6 Å². The molecule has 156 valence electrons. The van der Waals surface area contributed by atoms with Gasteiger partial charge in [-0.15, -0.1) is 0 Å². The minimum absolute atomic E-state index is 0.634. The zero-order valence-corrected chi connectivity index (χ0v) is 20.2. The van der Waals surface area contributed by atoms with E-state index in [9.17, 15) is 0 Å². The van der Waals surface area contributed by atoms with Crippen molar-refractivity contribution < 1.29 is 0 Å². The van der Waals surface area contributed by atoms with Crippen molar-refractivity contribution in [2.24, 2.45) is 52.3 Å². The molecule has 0 heterocycles. The summed E-state index contributed by atoms with van der Waals surface area (Å²) in [6.07, 6.45) is 18.3. The van der Waals surface area contributed by atoms with Gasteiger partial charge in [0, 0.05) is 5.33 Å². The van der Waals surface area contributed by atoms with Gasteiger partial charge in [0.05, 0.1) is 0 Å². The average Bonchev–Trinajstić information content (AvgIpc) is 2.66. The zero-order valence-electron chi connectivity index (χ0n) is 18.6. The molecule has 4 aliphatic carbocycles. The third-order valence-corrected chi connectivity index (χ3v) is 11.7. The molecule has 0 aliphatic heterocycles. The SMILES string of the molecule is CCC[C@H]1CCC2(C)C(CCC3C2CCC2(C)C3CCCC2[C@@H](C)CBr)C1. The van der Waals surface area contributed by atoms with Gasteiger partial charge in [0.1, 0.15) is 0 Å². The van der Waals surface area contributed by atoms with Gasteiger partial charge < -0.3 is 0 Å². The molecule has 1 heteroatoms. The van der Waals surface area contributed by atoms with Gasteiger partial charge in [-0.05, 0) is 110 Å². The molecule has 27 heavy (non-hydrogen) atoms. The van der Waals surface area contributed by atoms with Crippen LogP contribution in [-0.2, 0) is 0 Å². The fraction of sp³-hybridized carbons (Fsp3) is 1.00. The monoisotopic (exact) mass is 436 g/mol. The normalized spacial score (nSPS) is 51.0. The molecule has 0 spiro atoms. The maximum Gasteiger partial charge on any atom is 0.00598 e. The first kappa shape index (κ1) is 20.7. The summed E-state index contributed by atoms with van der Waals surface area (Å²) < 4.78 is 0. The standard InChI is InChI=1S/C26H45Br/c1-5-7-19-12-14-25(3)20(16-19)10-11-21-23-9-6-8-22(18(2)17-27)26(23,4)15-13-24(21)25/h18-24H,5-17H2,1-4H3/t18-,19-,20?,21?,22?,23?,24?,25?,26?/m0/s1. The molecular formula is C26H45Br. The van der Waals surface area contributed by atoms with Crippen LogP contribution in [0, 0.1) is 52.3 Å². The van der Waals surface area contributed by atoms with E-state index in [1.54, 1.807) is 38.5 Å². The van der Waals surface area contributed by atoms with Crippen LogP contribution in [0.15, 0.2) is 0 Å². The van der Waals surface area contributed by atoms with Crippen LogP contribution in [0.5, 0.6) is 0 Å². The number of hydrogen-bond donors (Lipinski definition) is 0. The average molecular weight is 438 g/mol. The first-order chi connectivity index (χ1) is 12.9. The molecule has 0 aromatic heterocycles. The van der Waals surface area contributed by atoms with Crippen molar-refractivity contribution in [1.29, 1.82) is 0 Å². The van der Waals surface area contributed by atoms with E-state index in [1.807, 2.05) is 0 Å². The Labute approximate surface area is 178 Å². The maximum absolute atomic E-state index is 3.83. The number of rotatable bonds is 4. The lowest BCUT2D eigenvalue weighted by molar-refractivity contribution is -0.151. The van der Waals surface area contributed by atoms with Crippen molar-refractivity contribution in [2.45, 2.75) is 105 Å². The summed E-state index contributed by atoms with van der Waals surface area (Å²) in [4.78, 5) is 0. The second-order valence-corrected chi connectivity index (χ2v) is 12.4. The smallest absolute Gasteiger partial charge is 0.00598 e. The second-order valence-electron chi connectivity index (χ2n) is 11.8. The third kappa shape index (κ3) is 3.38. The van der Waals surface area contributed by atoms with E-state index >= 15 is 0 Å². The van der Waals surface area contributed by atoms with Crippen molar-refractivity contribution >= 4 is 15.9 Å². The Morgan fingerprint density at radius 1 is 0.926 bits per heavy atom. The molecule has 0 saturated heterocycles. The highest BCUT2D eigenvalue weighted by atomic mass is 79.9. The molecule has 4 fully saturated rings. The summed E-state index contributed by atoms with van der Waals surface area (Å²) in [5.41, 5.74) is 1.32. The van der Waals surface area contributed by atoms with Gasteiger partial charge in [-0.1, -0.05) is 62.9 Å². The minimum atomic E-state index is 0.634. The Morgan fingerprint density at radius 2 is 1.67 bits per heavy atom. The van der Waals surface area contributed by atoms with Crippen LogP contribution >= 0.6 is 15.9 Å². The molecule has 0 aromatic rings. The van der Waals surface area contributed by atoms with E-state index in [1.165, 1.54) is 43.9 Å². The summed E-state index contributed by atoms with van der Waals surface area (Å²) in [5, 5.41) is 1.20. The molecule has 0 nitrogen and oxygen atoms in total. The quantitative estimate of drug-likeness (QED) is 0.387. The van der Waals surface area contributed by atoms with E-state index in [-0.39, 0.29) is 0 Å². The lowest BCUT2D eigenvalue weighted by atomic mass is 9.41. The highest BCUT2D eigenvalue weighted by Gasteiger charge is 2.59. The Hall–Kier alpha value is 0.480. The molecule has 9 atom stereocenters. The minimum Gasteiger partial charge on any atom is -0.0925 e. The fourth-order valence-electron chi connectivity index (χ4n) is 9.30. The predicted molar refractivity (Wildman–Crippen MR) is 121 cm³/mol. The topological polar surface area (TPSA) is 0 Å². The van der Waals surface area contributed by atoms with Gasteiger partial charge >= 0.3 is 0 Å². The maximum atomic E-state index is 3.83. The molecule has 0 radical (unpaired) electrons. The molecule has 4 rings (SSSR count). The summed E-state index contributed by atoms with van der Waals surface area (Å²) in [6, 6.07) is 0. The van der Waals surface area contributed by atoms with Gasteiger partial charge in [-0.25, -0.2) is 0 Å². The van der Waals surface area contributed by atoms with Gasteiger partial charge in [-0.2, -0.15) is 0 Å². The summed E-state index contributed by atoms with van der Waals surface area (Å²) >= 11 is 3.83. The van der Waals surface area contributed by atoms with Crippen LogP contribution in [0.4, 0.5) is 0 Å². The van der Waals surface area contributed by atoms with E-state index < -0.39 is 0 Å². The first-order valence-electron chi connectivity index (χ1n) is 12.5. The highest BCUT2D eigenvalue weighted by Crippen LogP contribution is 2.67. The van der Waals surface area contributed by atoms with Gasteiger partial charge in [0.2, 0.25) is 0 Å². The van der Waals surface area contributed by atoms with Crippen molar-refractivity contribution in [3.8, 4) is 0 Å². The molecule has 0 N–H and O–H groups in total. The molecular weight excluding hydrogens is 392 g/mol. The van der Waals surface area contributed by atoms with Crippen LogP contribution in [0.2, 0.25) is 0 Å². The Morgan fingerprint density at radius 3 is 2.41 bits per heavy atom. The molecule has 0 bridgehead atoms. The number of fused-ring (bicyclic) bond motifs is 5. The van der Waals surface area contributed by atoms with Crippen LogP contribution in [0.3, 0.4) is 0 Å². The zero-order chi connectivity index (χ0) is 19.2.